The second kappa shape index (κ2) is 7.36. The molecule has 0 saturated heterocycles. The Labute approximate surface area is 174 Å². The number of benzene rings is 3. The number of aromatic nitrogens is 2. The van der Waals surface area contributed by atoms with Gasteiger partial charge in [-0.1, -0.05) is 30.3 Å². The third kappa shape index (κ3) is 3.55. The number of hydrogen-bond donors (Lipinski definition) is 2. The number of nitrogens with two attached hydrogens (primary N) is 2. The number of nitro groups is 1. The van der Waals surface area contributed by atoms with Crippen molar-refractivity contribution in [3.05, 3.63) is 76.8 Å². The third-order valence-electron chi connectivity index (χ3n) is 4.42. The van der Waals surface area contributed by atoms with Crippen LogP contribution in [0.2, 0.25) is 0 Å². The number of rotatable bonds is 4. The van der Waals surface area contributed by atoms with E-state index in [-0.39, 0.29) is 17.3 Å². The van der Waals surface area contributed by atoms with Crippen LogP contribution in [0.15, 0.2) is 66.7 Å². The van der Waals surface area contributed by atoms with Crippen LogP contribution in [0.25, 0.3) is 22.0 Å². The second-order valence-electron chi connectivity index (χ2n) is 6.28. The number of nitro benzene ring substituents is 1. The van der Waals surface area contributed by atoms with Crippen LogP contribution < -0.4 is 15.4 Å². The summed E-state index contributed by atoms with van der Waals surface area (Å²) in [6.07, 6.45) is 0. The first-order valence-electron chi connectivity index (χ1n) is 8.56. The van der Waals surface area contributed by atoms with Crippen LogP contribution in [0.4, 0.5) is 28.8 Å². The van der Waals surface area contributed by atoms with E-state index in [1.165, 1.54) is 12.1 Å². The van der Waals surface area contributed by atoms with E-state index in [1.54, 1.807) is 16.1 Å². The van der Waals surface area contributed by atoms with Gasteiger partial charge >= 0.3 is 0 Å². The molecule has 29 heavy (non-hydrogen) atoms. The Kier molecular flexibility index (Phi) is 4.73. The molecule has 0 fully saturated rings. The molecule has 0 spiro atoms. The summed E-state index contributed by atoms with van der Waals surface area (Å²) in [5.41, 5.74) is 14.5. The molecule has 9 heteroatoms. The van der Waals surface area contributed by atoms with Gasteiger partial charge in [0.05, 0.1) is 32.3 Å². The molecule has 144 valence electrons. The maximum Gasteiger partial charge on any atom is 0.292 e. The molecule has 0 radical (unpaired) electrons. The molecule has 4 aromatic rings. The molecule has 3 aromatic carbocycles. The van der Waals surface area contributed by atoms with Crippen LogP contribution in [0.5, 0.6) is 0 Å². The van der Waals surface area contributed by atoms with Crippen molar-refractivity contribution >= 4 is 55.9 Å². The zero-order chi connectivity index (χ0) is 20.5. The summed E-state index contributed by atoms with van der Waals surface area (Å²) in [7, 11) is 0. The van der Waals surface area contributed by atoms with Gasteiger partial charge in [-0.3, -0.25) is 14.0 Å². The first-order valence-corrected chi connectivity index (χ1v) is 9.27. The summed E-state index contributed by atoms with van der Waals surface area (Å²) in [5, 5.41) is 12.0. The molecular formula is C20H15BrN6O2. The maximum atomic E-state index is 11.2. The first-order chi connectivity index (χ1) is 13.9. The van der Waals surface area contributed by atoms with E-state index in [9.17, 15) is 10.1 Å². The predicted octanol–water partition coefficient (Wildman–Crippen LogP) is 4.82. The summed E-state index contributed by atoms with van der Waals surface area (Å²) < 4.78 is 1.74. The minimum absolute atomic E-state index is 0.118. The van der Waals surface area contributed by atoms with Gasteiger partial charge in [0.2, 0.25) is 5.95 Å². The van der Waals surface area contributed by atoms with Crippen LogP contribution in [-0.2, 0) is 0 Å². The van der Waals surface area contributed by atoms with E-state index in [4.69, 9.17) is 11.5 Å². The van der Waals surface area contributed by atoms with Crippen LogP contribution in [0.1, 0.15) is 0 Å². The third-order valence-corrected chi connectivity index (χ3v) is 5.17. The van der Waals surface area contributed by atoms with Gasteiger partial charge in [-0.15, -0.1) is 0 Å². The summed E-state index contributed by atoms with van der Waals surface area (Å²) >= 11 is 3.55. The van der Waals surface area contributed by atoms with E-state index in [0.29, 0.717) is 16.9 Å². The molecule has 0 unspecified atom stereocenters. The van der Waals surface area contributed by atoms with E-state index < -0.39 is 4.92 Å². The van der Waals surface area contributed by atoms with Gasteiger partial charge in [-0.25, -0.2) is 4.98 Å². The van der Waals surface area contributed by atoms with Crippen LogP contribution in [-0.4, -0.2) is 14.9 Å². The molecular weight excluding hydrogens is 436 g/mol. The van der Waals surface area contributed by atoms with Crippen molar-refractivity contribution in [3.8, 4) is 11.1 Å². The summed E-state index contributed by atoms with van der Waals surface area (Å²) in [6.45, 7) is 0. The molecule has 0 saturated carbocycles. The molecule has 0 aliphatic rings. The largest absolute Gasteiger partial charge is 0.393 e. The van der Waals surface area contributed by atoms with Gasteiger partial charge in [0.25, 0.3) is 5.69 Å². The molecule has 1 aromatic heterocycles. The highest BCUT2D eigenvalue weighted by atomic mass is 79.9. The first kappa shape index (κ1) is 18.6. The lowest BCUT2D eigenvalue weighted by atomic mass is 10.0. The Morgan fingerprint density at radius 2 is 1.62 bits per heavy atom. The van der Waals surface area contributed by atoms with Gasteiger partial charge in [-0.05, 0) is 41.5 Å². The van der Waals surface area contributed by atoms with Crippen molar-refractivity contribution < 1.29 is 4.92 Å². The van der Waals surface area contributed by atoms with Crippen molar-refractivity contribution in [2.75, 3.05) is 15.4 Å². The fourth-order valence-corrected chi connectivity index (χ4v) is 3.53. The SMILES string of the molecule is Nc1nc(N(Br)c2ccccc2)c2cc(-c3ccc(N)c([N+](=O)[O-])c3)ccc2n1. The molecule has 0 bridgehead atoms. The zero-order valence-electron chi connectivity index (χ0n) is 15.0. The molecule has 1 heterocycles. The number of hydrogen-bond acceptors (Lipinski definition) is 7. The standard InChI is InChI=1S/C20H15BrN6O2/c21-26(14-4-2-1-3-5-14)19-15-10-12(7-9-17(15)24-20(23)25-19)13-6-8-16(22)18(11-13)27(28)29/h1-11H,22H2,(H2,23,24,25). The van der Waals surface area contributed by atoms with Crippen molar-refractivity contribution in [2.24, 2.45) is 0 Å². The molecule has 0 aliphatic heterocycles. The summed E-state index contributed by atoms with van der Waals surface area (Å²) in [5.74, 6) is 0.703. The average Bonchev–Trinajstić information content (AvgIpc) is 2.73. The highest BCUT2D eigenvalue weighted by Gasteiger charge is 2.17. The summed E-state index contributed by atoms with van der Waals surface area (Å²) in [6, 6.07) is 19.8. The molecule has 8 nitrogen and oxygen atoms in total. The van der Waals surface area contributed by atoms with Crippen molar-refractivity contribution in [3.63, 3.8) is 0 Å². The minimum atomic E-state index is -0.495. The highest BCUT2D eigenvalue weighted by molar-refractivity contribution is 9.10. The van der Waals surface area contributed by atoms with Crippen molar-refractivity contribution in [1.29, 1.82) is 0 Å². The molecule has 4 rings (SSSR count). The topological polar surface area (TPSA) is 124 Å². The van der Waals surface area contributed by atoms with E-state index in [1.807, 2.05) is 42.5 Å². The number of nitrogen functional groups attached to an aromatic ring is 2. The van der Waals surface area contributed by atoms with E-state index >= 15 is 0 Å². The van der Waals surface area contributed by atoms with Gasteiger partial charge in [0, 0.05) is 11.5 Å². The Hall–Kier alpha value is -3.72. The van der Waals surface area contributed by atoms with E-state index in [0.717, 1.165) is 16.6 Å². The van der Waals surface area contributed by atoms with Gasteiger partial charge in [-0.2, -0.15) is 4.98 Å². The smallest absolute Gasteiger partial charge is 0.292 e. The molecule has 0 aliphatic carbocycles. The van der Waals surface area contributed by atoms with Crippen LogP contribution in [0.3, 0.4) is 0 Å². The lowest BCUT2D eigenvalue weighted by Gasteiger charge is -2.18. The lowest BCUT2D eigenvalue weighted by molar-refractivity contribution is -0.383. The number of halogens is 1. The van der Waals surface area contributed by atoms with Crippen molar-refractivity contribution in [2.45, 2.75) is 0 Å². The van der Waals surface area contributed by atoms with Gasteiger partial charge in [0.1, 0.15) is 5.69 Å². The molecule has 0 atom stereocenters. The monoisotopic (exact) mass is 450 g/mol. The zero-order valence-corrected chi connectivity index (χ0v) is 16.6. The Bertz CT molecular complexity index is 1230. The second-order valence-corrected chi connectivity index (χ2v) is 6.99. The number of nitrogens with zero attached hydrogens (tertiary/aromatic N) is 4. The highest BCUT2D eigenvalue weighted by Crippen LogP contribution is 2.36. The minimum Gasteiger partial charge on any atom is -0.393 e. The lowest BCUT2D eigenvalue weighted by Crippen LogP contribution is -2.07. The molecule has 0 amide bonds. The van der Waals surface area contributed by atoms with Crippen LogP contribution in [0, 0.1) is 10.1 Å². The van der Waals surface area contributed by atoms with Crippen molar-refractivity contribution in [1.82, 2.24) is 9.97 Å². The number of anilines is 4. The van der Waals surface area contributed by atoms with Gasteiger partial charge < -0.3 is 11.5 Å². The average molecular weight is 451 g/mol. The number of fused-ring (bicyclic) bond motifs is 1. The molecule has 4 N–H and O–H groups in total. The normalized spacial score (nSPS) is 10.8. The van der Waals surface area contributed by atoms with Gasteiger partial charge in [0.15, 0.2) is 5.82 Å². The Morgan fingerprint density at radius 1 is 0.931 bits per heavy atom. The maximum absolute atomic E-state index is 11.2. The fourth-order valence-electron chi connectivity index (χ4n) is 3.02. The Balaban J connectivity index is 1.89. The summed E-state index contributed by atoms with van der Waals surface area (Å²) in [4.78, 5) is 19.4. The fraction of sp³-hybridized carbons (Fsp3) is 0. The predicted molar refractivity (Wildman–Crippen MR) is 118 cm³/mol. The van der Waals surface area contributed by atoms with E-state index in [2.05, 4.69) is 26.1 Å². The Morgan fingerprint density at radius 3 is 2.34 bits per heavy atom. The quantitative estimate of drug-likeness (QED) is 0.197. The number of para-hydroxylation sites is 1. The van der Waals surface area contributed by atoms with Crippen LogP contribution >= 0.6 is 16.1 Å².